The van der Waals surface area contributed by atoms with Gasteiger partial charge in [0.05, 0.1) is 0 Å². The topological polar surface area (TPSA) is 12.0 Å². The molecular formula is C12H20ClNS. The number of nitrogens with one attached hydrogen (secondary N) is 1. The zero-order valence-corrected chi connectivity index (χ0v) is 11.1. The first-order valence-corrected chi connectivity index (χ1v) is 6.89. The first-order valence-electron chi connectivity index (χ1n) is 5.42. The molecule has 1 N–H and O–H groups in total. The Hall–Kier alpha value is -0.0500. The van der Waals surface area contributed by atoms with Gasteiger partial charge in [-0.2, -0.15) is 11.3 Å². The molecule has 0 saturated heterocycles. The Morgan fingerprint density at radius 1 is 1.47 bits per heavy atom. The van der Waals surface area contributed by atoms with Crippen molar-refractivity contribution in [1.82, 2.24) is 5.32 Å². The molecule has 0 spiro atoms. The number of hydrogen-bond donors (Lipinski definition) is 1. The van der Waals surface area contributed by atoms with Crippen molar-refractivity contribution in [3.8, 4) is 0 Å². The molecule has 0 fully saturated rings. The zero-order chi connectivity index (χ0) is 11.1. The summed E-state index contributed by atoms with van der Waals surface area (Å²) in [5.41, 5.74) is 1.75. The molecular weight excluding hydrogens is 226 g/mol. The predicted molar refractivity (Wildman–Crippen MR) is 70.0 cm³/mol. The molecule has 0 aliphatic carbocycles. The standard InChI is InChI=1S/C12H20ClNS/c1-12(2,5-6-13)10-14-7-3-11-4-8-15-9-11/h4,8-9,14H,3,5-7,10H2,1-2H3. The van der Waals surface area contributed by atoms with E-state index < -0.39 is 0 Å². The van der Waals surface area contributed by atoms with Crippen LogP contribution in [0.2, 0.25) is 0 Å². The first-order chi connectivity index (χ1) is 7.14. The lowest BCUT2D eigenvalue weighted by atomic mass is 9.90. The Bertz CT molecular complexity index is 257. The van der Waals surface area contributed by atoms with Crippen molar-refractivity contribution in [1.29, 1.82) is 0 Å². The summed E-state index contributed by atoms with van der Waals surface area (Å²) < 4.78 is 0. The Labute approximate surface area is 102 Å². The van der Waals surface area contributed by atoms with E-state index >= 15 is 0 Å². The van der Waals surface area contributed by atoms with Gasteiger partial charge in [-0.15, -0.1) is 11.6 Å². The monoisotopic (exact) mass is 245 g/mol. The van der Waals surface area contributed by atoms with Crippen molar-refractivity contribution < 1.29 is 0 Å². The van der Waals surface area contributed by atoms with Gasteiger partial charge in [-0.3, -0.25) is 0 Å². The Kier molecular flexibility index (Phi) is 5.65. The third-order valence-corrected chi connectivity index (χ3v) is 3.47. The lowest BCUT2D eigenvalue weighted by Gasteiger charge is -2.23. The lowest BCUT2D eigenvalue weighted by molar-refractivity contribution is 0.331. The van der Waals surface area contributed by atoms with Crippen LogP contribution in [0, 0.1) is 5.41 Å². The summed E-state index contributed by atoms with van der Waals surface area (Å²) in [4.78, 5) is 0. The van der Waals surface area contributed by atoms with Crippen LogP contribution in [0.3, 0.4) is 0 Å². The van der Waals surface area contributed by atoms with Crippen LogP contribution in [0.15, 0.2) is 16.8 Å². The van der Waals surface area contributed by atoms with Crippen molar-refractivity contribution in [3.63, 3.8) is 0 Å². The van der Waals surface area contributed by atoms with Crippen molar-refractivity contribution >= 4 is 22.9 Å². The van der Waals surface area contributed by atoms with Gasteiger partial charge in [0.15, 0.2) is 0 Å². The summed E-state index contributed by atoms with van der Waals surface area (Å²) in [7, 11) is 0. The third kappa shape index (κ3) is 5.55. The molecule has 1 aromatic rings. The third-order valence-electron chi connectivity index (χ3n) is 2.55. The minimum atomic E-state index is 0.316. The van der Waals surface area contributed by atoms with Gasteiger partial charge in [0.2, 0.25) is 0 Å². The molecule has 0 unspecified atom stereocenters. The molecule has 0 aliphatic rings. The molecule has 15 heavy (non-hydrogen) atoms. The minimum Gasteiger partial charge on any atom is -0.316 e. The Morgan fingerprint density at radius 3 is 2.87 bits per heavy atom. The number of hydrogen-bond acceptors (Lipinski definition) is 2. The summed E-state index contributed by atoms with van der Waals surface area (Å²) in [6, 6.07) is 2.19. The van der Waals surface area contributed by atoms with Gasteiger partial charge in [-0.25, -0.2) is 0 Å². The average molecular weight is 246 g/mol. The number of alkyl halides is 1. The van der Waals surface area contributed by atoms with E-state index in [1.807, 2.05) is 0 Å². The highest BCUT2D eigenvalue weighted by Crippen LogP contribution is 2.19. The molecule has 1 nitrogen and oxygen atoms in total. The minimum absolute atomic E-state index is 0.316. The summed E-state index contributed by atoms with van der Waals surface area (Å²) in [5.74, 6) is 0.749. The fourth-order valence-corrected chi connectivity index (χ4v) is 2.65. The molecule has 0 bridgehead atoms. The highest BCUT2D eigenvalue weighted by molar-refractivity contribution is 7.07. The number of rotatable bonds is 7. The molecule has 0 amide bonds. The van der Waals surface area contributed by atoms with Crippen molar-refractivity contribution in [2.75, 3.05) is 19.0 Å². The largest absolute Gasteiger partial charge is 0.316 e. The van der Waals surface area contributed by atoms with Crippen molar-refractivity contribution in [2.24, 2.45) is 5.41 Å². The van der Waals surface area contributed by atoms with E-state index in [9.17, 15) is 0 Å². The molecule has 86 valence electrons. The fourth-order valence-electron chi connectivity index (χ4n) is 1.44. The Balaban J connectivity index is 2.11. The van der Waals surface area contributed by atoms with E-state index in [0.717, 1.165) is 31.8 Å². The van der Waals surface area contributed by atoms with E-state index in [-0.39, 0.29) is 0 Å². The van der Waals surface area contributed by atoms with Crippen LogP contribution in [0.4, 0.5) is 0 Å². The molecule has 1 rings (SSSR count). The normalized spacial score (nSPS) is 11.9. The summed E-state index contributed by atoms with van der Waals surface area (Å²) in [5, 5.41) is 7.84. The molecule has 1 heterocycles. The quantitative estimate of drug-likeness (QED) is 0.573. The van der Waals surface area contributed by atoms with Crippen LogP contribution in [0.25, 0.3) is 0 Å². The smallest absolute Gasteiger partial charge is 0.0229 e. The van der Waals surface area contributed by atoms with Gasteiger partial charge in [0.1, 0.15) is 0 Å². The van der Waals surface area contributed by atoms with Crippen LogP contribution in [-0.4, -0.2) is 19.0 Å². The van der Waals surface area contributed by atoms with E-state index in [2.05, 4.69) is 36.0 Å². The summed E-state index contributed by atoms with van der Waals surface area (Å²) in [6.45, 7) is 6.62. The number of halogens is 1. The maximum absolute atomic E-state index is 5.75. The van der Waals surface area contributed by atoms with Gasteiger partial charge >= 0.3 is 0 Å². The van der Waals surface area contributed by atoms with E-state index in [1.165, 1.54) is 5.56 Å². The summed E-state index contributed by atoms with van der Waals surface area (Å²) >= 11 is 7.52. The van der Waals surface area contributed by atoms with Gasteiger partial charge in [-0.1, -0.05) is 13.8 Å². The van der Waals surface area contributed by atoms with Crippen molar-refractivity contribution in [2.45, 2.75) is 26.7 Å². The second-order valence-corrected chi connectivity index (χ2v) is 5.82. The van der Waals surface area contributed by atoms with Gasteiger partial charge in [0, 0.05) is 12.4 Å². The molecule has 0 radical (unpaired) electrons. The predicted octanol–water partition coefficient (Wildman–Crippen LogP) is 3.54. The lowest BCUT2D eigenvalue weighted by Crippen LogP contribution is -2.31. The van der Waals surface area contributed by atoms with Crippen LogP contribution in [-0.2, 0) is 6.42 Å². The molecule has 0 aromatic carbocycles. The molecule has 1 aromatic heterocycles. The first kappa shape index (κ1) is 13.0. The van der Waals surface area contributed by atoms with Crippen LogP contribution in [0.1, 0.15) is 25.8 Å². The SMILES string of the molecule is CC(C)(CCCl)CNCCc1ccsc1. The zero-order valence-electron chi connectivity index (χ0n) is 9.55. The van der Waals surface area contributed by atoms with Crippen LogP contribution >= 0.6 is 22.9 Å². The van der Waals surface area contributed by atoms with E-state index in [1.54, 1.807) is 11.3 Å². The number of thiophene rings is 1. The van der Waals surface area contributed by atoms with E-state index in [0.29, 0.717) is 5.41 Å². The summed E-state index contributed by atoms with van der Waals surface area (Å²) in [6.07, 6.45) is 2.19. The second-order valence-electron chi connectivity index (χ2n) is 4.66. The molecule has 0 aliphatic heterocycles. The van der Waals surface area contributed by atoms with Crippen LogP contribution in [0.5, 0.6) is 0 Å². The van der Waals surface area contributed by atoms with Crippen LogP contribution < -0.4 is 5.32 Å². The maximum atomic E-state index is 5.75. The van der Waals surface area contributed by atoms with Gasteiger partial charge < -0.3 is 5.32 Å². The Morgan fingerprint density at radius 2 is 2.27 bits per heavy atom. The van der Waals surface area contributed by atoms with Gasteiger partial charge in [-0.05, 0) is 47.2 Å². The highest BCUT2D eigenvalue weighted by atomic mass is 35.5. The van der Waals surface area contributed by atoms with Gasteiger partial charge in [0.25, 0.3) is 0 Å². The molecule has 3 heteroatoms. The average Bonchev–Trinajstić information content (AvgIpc) is 2.65. The van der Waals surface area contributed by atoms with Crippen molar-refractivity contribution in [3.05, 3.63) is 22.4 Å². The molecule has 0 atom stereocenters. The highest BCUT2D eigenvalue weighted by Gasteiger charge is 2.15. The fraction of sp³-hybridized carbons (Fsp3) is 0.667. The maximum Gasteiger partial charge on any atom is 0.0229 e. The second kappa shape index (κ2) is 6.51. The van der Waals surface area contributed by atoms with E-state index in [4.69, 9.17) is 11.6 Å². The molecule has 0 saturated carbocycles.